The second kappa shape index (κ2) is 5.23. The molecule has 23 heavy (non-hydrogen) atoms. The third-order valence-corrected chi connectivity index (χ3v) is 4.53. The summed E-state index contributed by atoms with van der Waals surface area (Å²) in [4.78, 5) is 28.6. The Morgan fingerprint density at radius 2 is 2.04 bits per heavy atom. The van der Waals surface area contributed by atoms with Gasteiger partial charge in [-0.25, -0.2) is 9.78 Å². The number of hydrogen-bond donors (Lipinski definition) is 1. The normalized spacial score (nSPS) is 17.3. The van der Waals surface area contributed by atoms with E-state index < -0.39 is 5.97 Å². The summed E-state index contributed by atoms with van der Waals surface area (Å²) in [7, 11) is 1.33. The molecule has 4 rings (SSSR count). The van der Waals surface area contributed by atoms with Gasteiger partial charge in [-0.3, -0.25) is 4.79 Å². The maximum Gasteiger partial charge on any atom is 0.374 e. The number of hydrogen-bond acceptors (Lipinski definition) is 4. The average Bonchev–Trinajstić information content (AvgIpc) is 3.45. The Bertz CT molecular complexity index is 822. The Kier molecular flexibility index (Phi) is 3.30. The quantitative estimate of drug-likeness (QED) is 0.873. The van der Waals surface area contributed by atoms with Gasteiger partial charge in [0, 0.05) is 12.1 Å². The number of nitrogens with one attached hydrogen (secondary N) is 1. The van der Waals surface area contributed by atoms with E-state index in [0.29, 0.717) is 16.1 Å². The van der Waals surface area contributed by atoms with Gasteiger partial charge in [-0.05, 0) is 37.8 Å². The molecule has 120 valence electrons. The molecule has 0 unspecified atom stereocenters. The molecule has 1 amide bonds. The Morgan fingerprint density at radius 1 is 1.30 bits per heavy atom. The van der Waals surface area contributed by atoms with E-state index in [2.05, 4.69) is 10.3 Å². The number of carbonyl (C=O) groups excluding carboxylic acids is 2. The van der Waals surface area contributed by atoms with Gasteiger partial charge in [-0.2, -0.15) is 0 Å². The van der Waals surface area contributed by atoms with E-state index in [-0.39, 0.29) is 23.8 Å². The summed E-state index contributed by atoms with van der Waals surface area (Å²) in [5.41, 5.74) is 1.74. The number of halogens is 1. The lowest BCUT2D eigenvalue weighted by Crippen LogP contribution is -2.25. The van der Waals surface area contributed by atoms with Crippen molar-refractivity contribution in [3.05, 3.63) is 28.5 Å². The molecule has 0 radical (unpaired) electrons. The molecule has 1 heterocycles. The van der Waals surface area contributed by atoms with Crippen molar-refractivity contribution in [2.45, 2.75) is 37.8 Å². The smallest absolute Gasteiger partial charge is 0.374 e. The summed E-state index contributed by atoms with van der Waals surface area (Å²) in [6, 6.07) is 3.87. The minimum absolute atomic E-state index is 0.194. The molecule has 0 bridgehead atoms. The summed E-state index contributed by atoms with van der Waals surface area (Å²) in [5, 5.41) is 3.29. The molecule has 2 aliphatic rings. The van der Waals surface area contributed by atoms with Crippen molar-refractivity contribution in [3.8, 4) is 0 Å². The fraction of sp³-hybridized carbons (Fsp3) is 0.438. The van der Waals surface area contributed by atoms with Crippen LogP contribution < -0.4 is 5.32 Å². The maximum atomic E-state index is 12.3. The number of methoxy groups -OCH3 is 1. The van der Waals surface area contributed by atoms with Gasteiger partial charge in [0.15, 0.2) is 0 Å². The van der Waals surface area contributed by atoms with Gasteiger partial charge in [0.05, 0.1) is 28.7 Å². The molecule has 7 heteroatoms. The Labute approximate surface area is 137 Å². The second-order valence-corrected chi connectivity index (χ2v) is 6.50. The van der Waals surface area contributed by atoms with Gasteiger partial charge in [-0.1, -0.05) is 11.6 Å². The number of imidazole rings is 1. The molecule has 2 aliphatic carbocycles. The lowest BCUT2D eigenvalue weighted by atomic mass is 10.2. The van der Waals surface area contributed by atoms with Crippen molar-refractivity contribution in [1.82, 2.24) is 14.9 Å². The van der Waals surface area contributed by atoms with Crippen molar-refractivity contribution < 1.29 is 14.3 Å². The first kappa shape index (κ1) is 14.5. The molecule has 1 aromatic heterocycles. The predicted molar refractivity (Wildman–Crippen MR) is 84.8 cm³/mol. The minimum Gasteiger partial charge on any atom is -0.463 e. The SMILES string of the molecule is COC(=O)c1nc2cc(C(=O)NC3CC3)c(Cl)cc2n1C1CC1. The zero-order chi connectivity index (χ0) is 16.1. The van der Waals surface area contributed by atoms with Crippen molar-refractivity contribution in [3.63, 3.8) is 0 Å². The third-order valence-electron chi connectivity index (χ3n) is 4.22. The number of carbonyl (C=O) groups is 2. The molecule has 2 aromatic rings. The summed E-state index contributed by atoms with van der Waals surface area (Å²) < 4.78 is 6.69. The number of rotatable bonds is 4. The number of nitrogens with zero attached hydrogens (tertiary/aromatic N) is 2. The van der Waals surface area contributed by atoms with Crippen LogP contribution in [0.5, 0.6) is 0 Å². The fourth-order valence-corrected chi connectivity index (χ4v) is 2.96. The van der Waals surface area contributed by atoms with Crippen LogP contribution in [0.3, 0.4) is 0 Å². The van der Waals surface area contributed by atoms with E-state index in [1.807, 2.05) is 4.57 Å². The molecular formula is C16H16ClN3O3. The molecule has 0 aliphatic heterocycles. The highest BCUT2D eigenvalue weighted by molar-refractivity contribution is 6.34. The maximum absolute atomic E-state index is 12.3. The number of benzene rings is 1. The standard InChI is InChI=1S/C16H16ClN3O3/c1-23-16(22)14-19-12-6-10(15(21)18-8-2-3-8)11(17)7-13(12)20(14)9-4-5-9/h6-9H,2-5H2,1H3,(H,18,21). The highest BCUT2D eigenvalue weighted by Gasteiger charge is 2.32. The topological polar surface area (TPSA) is 73.2 Å². The molecule has 0 atom stereocenters. The summed E-state index contributed by atoms with van der Waals surface area (Å²) in [6.45, 7) is 0. The van der Waals surface area contributed by atoms with Crippen LogP contribution in [0.2, 0.25) is 5.02 Å². The zero-order valence-corrected chi connectivity index (χ0v) is 13.4. The van der Waals surface area contributed by atoms with E-state index in [4.69, 9.17) is 16.3 Å². The van der Waals surface area contributed by atoms with Gasteiger partial charge in [0.25, 0.3) is 5.91 Å². The van der Waals surface area contributed by atoms with Gasteiger partial charge in [0.2, 0.25) is 5.82 Å². The van der Waals surface area contributed by atoms with Crippen LogP contribution in [-0.2, 0) is 4.74 Å². The number of aromatic nitrogens is 2. The van der Waals surface area contributed by atoms with E-state index in [1.165, 1.54) is 7.11 Å². The van der Waals surface area contributed by atoms with Crippen molar-refractivity contribution in [1.29, 1.82) is 0 Å². The molecule has 2 saturated carbocycles. The summed E-state index contributed by atoms with van der Waals surface area (Å²) in [5.74, 6) is -0.408. The average molecular weight is 334 g/mol. The lowest BCUT2D eigenvalue weighted by molar-refractivity contribution is 0.0581. The highest BCUT2D eigenvalue weighted by atomic mass is 35.5. The fourth-order valence-electron chi connectivity index (χ4n) is 2.72. The number of amides is 1. The number of fused-ring (bicyclic) bond motifs is 1. The van der Waals surface area contributed by atoms with Gasteiger partial charge < -0.3 is 14.6 Å². The molecule has 6 nitrogen and oxygen atoms in total. The molecular weight excluding hydrogens is 318 g/mol. The molecule has 2 fully saturated rings. The molecule has 0 saturated heterocycles. The Hall–Kier alpha value is -2.08. The summed E-state index contributed by atoms with van der Waals surface area (Å²) >= 11 is 6.30. The first-order valence-electron chi connectivity index (χ1n) is 7.69. The van der Waals surface area contributed by atoms with Crippen LogP contribution in [0.1, 0.15) is 52.7 Å². The van der Waals surface area contributed by atoms with Crippen molar-refractivity contribution in [2.75, 3.05) is 7.11 Å². The largest absolute Gasteiger partial charge is 0.463 e. The molecule has 1 N–H and O–H groups in total. The van der Waals surface area contributed by atoms with Gasteiger partial charge in [-0.15, -0.1) is 0 Å². The third kappa shape index (κ3) is 2.57. The monoisotopic (exact) mass is 333 g/mol. The molecule has 0 spiro atoms. The van der Waals surface area contributed by atoms with Crippen molar-refractivity contribution >= 4 is 34.5 Å². The first-order chi connectivity index (χ1) is 11.1. The van der Waals surface area contributed by atoms with Crippen LogP contribution in [0.25, 0.3) is 11.0 Å². The van der Waals surface area contributed by atoms with Crippen LogP contribution in [0.4, 0.5) is 0 Å². The Balaban J connectivity index is 1.82. The summed E-state index contributed by atoms with van der Waals surface area (Å²) in [6.07, 6.45) is 4.01. The Morgan fingerprint density at radius 3 is 2.65 bits per heavy atom. The zero-order valence-electron chi connectivity index (χ0n) is 12.6. The second-order valence-electron chi connectivity index (χ2n) is 6.10. The predicted octanol–water partition coefficient (Wildman–Crippen LogP) is 2.70. The van der Waals surface area contributed by atoms with E-state index in [9.17, 15) is 9.59 Å². The van der Waals surface area contributed by atoms with E-state index >= 15 is 0 Å². The van der Waals surface area contributed by atoms with Crippen molar-refractivity contribution in [2.24, 2.45) is 0 Å². The van der Waals surface area contributed by atoms with Crippen LogP contribution in [-0.4, -0.2) is 34.6 Å². The van der Waals surface area contributed by atoms with E-state index in [1.54, 1.807) is 12.1 Å². The first-order valence-corrected chi connectivity index (χ1v) is 8.07. The van der Waals surface area contributed by atoms with Crippen LogP contribution >= 0.6 is 11.6 Å². The van der Waals surface area contributed by atoms with Gasteiger partial charge >= 0.3 is 5.97 Å². The van der Waals surface area contributed by atoms with Crippen LogP contribution in [0, 0.1) is 0 Å². The molecule has 1 aromatic carbocycles. The minimum atomic E-state index is -0.479. The van der Waals surface area contributed by atoms with Gasteiger partial charge in [0.1, 0.15) is 0 Å². The van der Waals surface area contributed by atoms with E-state index in [0.717, 1.165) is 31.2 Å². The lowest BCUT2D eigenvalue weighted by Gasteiger charge is -2.08. The highest BCUT2D eigenvalue weighted by Crippen LogP contribution is 2.39. The number of ether oxygens (including phenoxy) is 1. The number of esters is 1. The van der Waals surface area contributed by atoms with Crippen LogP contribution in [0.15, 0.2) is 12.1 Å².